The second-order valence-electron chi connectivity index (χ2n) is 11.0. The fourth-order valence-electron chi connectivity index (χ4n) is 6.23. The van der Waals surface area contributed by atoms with Crippen molar-refractivity contribution in [3.8, 4) is 11.5 Å². The first-order chi connectivity index (χ1) is 21.5. The maximum Gasteiger partial charge on any atom is 0.156 e. The molecule has 0 bridgehead atoms. The highest BCUT2D eigenvalue weighted by atomic mass is 35.5. The van der Waals surface area contributed by atoms with Crippen LogP contribution in [0.3, 0.4) is 0 Å². The number of rotatable bonds is 10. The quantitative estimate of drug-likeness (QED) is 0.177. The van der Waals surface area contributed by atoms with Gasteiger partial charge in [-0.25, -0.2) is 0 Å². The number of hydrogen-bond acceptors (Lipinski definition) is 3. The average Bonchev–Trinajstić information content (AvgIpc) is 3.05. The summed E-state index contributed by atoms with van der Waals surface area (Å²) in [4.78, 5) is 15.7. The smallest absolute Gasteiger partial charge is 0.156 e. The second-order valence-corrected chi connectivity index (χ2v) is 11.9. The van der Waals surface area contributed by atoms with E-state index in [-0.39, 0.29) is 5.78 Å². The van der Waals surface area contributed by atoms with Gasteiger partial charge >= 0.3 is 0 Å². The molecule has 5 heteroatoms. The lowest BCUT2D eigenvalue weighted by Gasteiger charge is -2.44. The molecule has 0 N–H and O–H groups in total. The van der Waals surface area contributed by atoms with Gasteiger partial charge in [0.05, 0.1) is 21.9 Å². The Morgan fingerprint density at radius 3 is 1.30 bits per heavy atom. The van der Waals surface area contributed by atoms with Gasteiger partial charge in [0.2, 0.25) is 0 Å². The van der Waals surface area contributed by atoms with Crippen LogP contribution in [-0.2, 0) is 4.79 Å². The number of ketones is 1. The molecule has 4 atom stereocenters. The Morgan fingerprint density at radius 1 is 0.545 bits per heavy atom. The molecule has 0 fully saturated rings. The van der Waals surface area contributed by atoms with E-state index in [0.717, 1.165) is 11.1 Å². The van der Waals surface area contributed by atoms with E-state index in [9.17, 15) is 0 Å². The number of allylic oxidation sites excluding steroid dienone is 4. The van der Waals surface area contributed by atoms with Crippen molar-refractivity contribution in [1.82, 2.24) is 0 Å². The largest absolute Gasteiger partial charge is 0.480 e. The summed E-state index contributed by atoms with van der Waals surface area (Å²) in [5.74, 6) is -0.459. The highest BCUT2D eigenvalue weighted by molar-refractivity contribution is 6.32. The van der Waals surface area contributed by atoms with Crippen LogP contribution in [0.2, 0.25) is 10.0 Å². The summed E-state index contributed by atoms with van der Waals surface area (Å²) in [6.45, 7) is 0. The number of hydrogen-bond donors (Lipinski definition) is 0. The van der Waals surface area contributed by atoms with E-state index in [4.69, 9.17) is 32.7 Å². The summed E-state index contributed by atoms with van der Waals surface area (Å²) in [5.41, 5.74) is -0.446. The number of Topliss-reactive ketones (excluding diaryl/α,β-unsaturated/α-hetero) is 1. The Labute approximate surface area is 268 Å². The molecule has 0 amide bonds. The molecule has 4 aromatic carbocycles. The summed E-state index contributed by atoms with van der Waals surface area (Å²) < 4.78 is 13.7. The van der Waals surface area contributed by atoms with Crippen LogP contribution < -0.4 is 9.47 Å². The zero-order valence-corrected chi connectivity index (χ0v) is 25.6. The number of halogens is 2. The molecule has 4 aromatic rings. The number of para-hydroxylation sites is 2. The molecule has 44 heavy (non-hydrogen) atoms. The molecule has 2 aliphatic carbocycles. The highest BCUT2D eigenvalue weighted by Crippen LogP contribution is 2.48. The van der Waals surface area contributed by atoms with Gasteiger partial charge in [-0.2, -0.15) is 0 Å². The minimum atomic E-state index is -1.06. The van der Waals surface area contributed by atoms with E-state index in [1.807, 2.05) is 146 Å². The zero-order chi connectivity index (χ0) is 30.4. The molecule has 3 nitrogen and oxygen atoms in total. The van der Waals surface area contributed by atoms with Crippen molar-refractivity contribution in [2.45, 2.75) is 35.9 Å². The summed E-state index contributed by atoms with van der Waals surface area (Å²) in [5, 5.41) is 0.958. The van der Waals surface area contributed by atoms with Crippen molar-refractivity contribution < 1.29 is 14.3 Å². The fourth-order valence-corrected chi connectivity index (χ4v) is 6.58. The second kappa shape index (κ2) is 13.1. The minimum Gasteiger partial charge on any atom is -0.480 e. The monoisotopic (exact) mass is 618 g/mol. The van der Waals surface area contributed by atoms with E-state index in [2.05, 4.69) is 0 Å². The van der Waals surface area contributed by atoms with Crippen LogP contribution in [0.5, 0.6) is 11.5 Å². The molecule has 0 saturated carbocycles. The molecule has 6 rings (SSSR count). The SMILES string of the molecule is O=C(C(c1ccccc1)C1(Oc2ccccc2Cl)C=CC=CC1)C(c1ccccc1)C1(Oc2ccccc2Cl)C=CC=CC1. The standard InChI is InChI=1S/C39H32Cl2O3/c40-31-21-9-11-23-33(31)43-38(25-13-3-14-26-38)35(29-17-5-1-6-18-29)37(42)36(30-19-7-2-8-20-30)39(27-15-4-16-28-39)44-34-24-12-10-22-32(34)41/h1-25,27,35-36H,26,28H2. The molecular formula is C39H32Cl2O3. The third kappa shape index (κ3) is 6.04. The molecule has 0 aromatic heterocycles. The lowest BCUT2D eigenvalue weighted by molar-refractivity contribution is -0.129. The van der Waals surface area contributed by atoms with Crippen LogP contribution in [0.15, 0.2) is 158 Å². The molecular weight excluding hydrogens is 587 g/mol. The van der Waals surface area contributed by atoms with Crippen LogP contribution in [0, 0.1) is 0 Å². The van der Waals surface area contributed by atoms with Crippen LogP contribution in [0.25, 0.3) is 0 Å². The first kappa shape index (κ1) is 29.7. The Hall–Kier alpha value is -4.31. The summed E-state index contributed by atoms with van der Waals surface area (Å²) in [6, 6.07) is 34.5. The average molecular weight is 620 g/mol. The van der Waals surface area contributed by atoms with Crippen LogP contribution in [0.4, 0.5) is 0 Å². The van der Waals surface area contributed by atoms with E-state index in [1.54, 1.807) is 12.1 Å². The normalized spacial score (nSPS) is 21.9. The molecule has 0 saturated heterocycles. The van der Waals surface area contributed by atoms with Gasteiger partial charge in [-0.05, 0) is 47.5 Å². The van der Waals surface area contributed by atoms with Crippen molar-refractivity contribution in [2.75, 3.05) is 0 Å². The van der Waals surface area contributed by atoms with E-state index < -0.39 is 23.0 Å². The number of ether oxygens (including phenoxy) is 2. The predicted molar refractivity (Wildman–Crippen MR) is 179 cm³/mol. The third-order valence-corrected chi connectivity index (χ3v) is 8.83. The van der Waals surface area contributed by atoms with Crippen molar-refractivity contribution in [2.24, 2.45) is 0 Å². The summed E-state index contributed by atoms with van der Waals surface area (Å²) in [7, 11) is 0. The summed E-state index contributed by atoms with van der Waals surface area (Å²) >= 11 is 13.3. The van der Waals surface area contributed by atoms with Crippen LogP contribution in [0.1, 0.15) is 35.8 Å². The Balaban J connectivity index is 1.55. The molecule has 0 heterocycles. The van der Waals surface area contributed by atoms with Gasteiger partial charge in [0.1, 0.15) is 22.7 Å². The van der Waals surface area contributed by atoms with Gasteiger partial charge in [0, 0.05) is 12.8 Å². The number of carbonyl (C=O) groups excluding carboxylic acids is 1. The van der Waals surface area contributed by atoms with E-state index in [0.29, 0.717) is 34.4 Å². The minimum absolute atomic E-state index is 0.0404. The maximum absolute atomic E-state index is 15.7. The maximum atomic E-state index is 15.7. The predicted octanol–water partition coefficient (Wildman–Crippen LogP) is 10.1. The fraction of sp³-hybridized carbons (Fsp3) is 0.154. The number of carbonyl (C=O) groups is 1. The van der Waals surface area contributed by atoms with Gasteiger partial charge in [0.15, 0.2) is 5.78 Å². The lowest BCUT2D eigenvalue weighted by atomic mass is 9.66. The molecule has 0 spiro atoms. The highest BCUT2D eigenvalue weighted by Gasteiger charge is 2.53. The topological polar surface area (TPSA) is 35.5 Å². The Morgan fingerprint density at radius 2 is 0.932 bits per heavy atom. The molecule has 0 aliphatic heterocycles. The van der Waals surface area contributed by atoms with Crippen molar-refractivity contribution in [1.29, 1.82) is 0 Å². The Kier molecular flexibility index (Phi) is 8.88. The van der Waals surface area contributed by atoms with Crippen molar-refractivity contribution in [3.63, 3.8) is 0 Å². The Bertz CT molecular complexity index is 1600. The first-order valence-corrected chi connectivity index (χ1v) is 15.5. The van der Waals surface area contributed by atoms with E-state index >= 15 is 4.79 Å². The zero-order valence-electron chi connectivity index (χ0n) is 24.1. The van der Waals surface area contributed by atoms with Gasteiger partial charge in [-0.3, -0.25) is 4.79 Å². The lowest BCUT2D eigenvalue weighted by Crippen LogP contribution is -2.51. The summed E-state index contributed by atoms with van der Waals surface area (Å²) in [6.07, 6.45) is 16.8. The van der Waals surface area contributed by atoms with Gasteiger partial charge in [-0.1, -0.05) is 145 Å². The molecule has 220 valence electrons. The molecule has 4 unspecified atom stereocenters. The van der Waals surface area contributed by atoms with Crippen molar-refractivity contribution in [3.05, 3.63) is 179 Å². The van der Waals surface area contributed by atoms with Crippen LogP contribution >= 0.6 is 23.2 Å². The van der Waals surface area contributed by atoms with Gasteiger partial charge in [0.25, 0.3) is 0 Å². The first-order valence-electron chi connectivity index (χ1n) is 14.7. The van der Waals surface area contributed by atoms with Crippen molar-refractivity contribution >= 4 is 29.0 Å². The van der Waals surface area contributed by atoms with Gasteiger partial charge in [-0.15, -0.1) is 0 Å². The molecule has 2 aliphatic rings. The molecule has 0 radical (unpaired) electrons. The van der Waals surface area contributed by atoms with E-state index in [1.165, 1.54) is 0 Å². The van der Waals surface area contributed by atoms with Gasteiger partial charge < -0.3 is 9.47 Å². The third-order valence-electron chi connectivity index (χ3n) is 8.21. The van der Waals surface area contributed by atoms with Crippen LogP contribution in [-0.4, -0.2) is 17.0 Å². The number of benzene rings is 4.